The summed E-state index contributed by atoms with van der Waals surface area (Å²) < 4.78 is 55.1. The first-order valence-corrected chi connectivity index (χ1v) is 6.11. The third-order valence-corrected chi connectivity index (χ3v) is 3.81. The molecule has 0 fully saturated rings. The van der Waals surface area contributed by atoms with Crippen LogP contribution in [0.15, 0.2) is 58.2 Å². The van der Waals surface area contributed by atoms with Crippen LogP contribution in [-0.4, -0.2) is 8.42 Å². The van der Waals surface area contributed by atoms with Crippen molar-refractivity contribution in [3.8, 4) is 0 Å². The highest BCUT2D eigenvalue weighted by atomic mass is 32.2. The van der Waals surface area contributed by atoms with Crippen LogP contribution in [0.5, 0.6) is 0 Å². The Morgan fingerprint density at radius 2 is 1.12 bits per heavy atom. The van der Waals surface area contributed by atoms with E-state index in [1.165, 1.54) is 0 Å². The molecule has 2 aromatic carbocycles. The van der Waals surface area contributed by atoms with E-state index >= 15 is 0 Å². The van der Waals surface area contributed by atoms with Gasteiger partial charge in [0.2, 0.25) is 9.84 Å². The largest absolute Gasteiger partial charge is 0.399 e. The van der Waals surface area contributed by atoms with Crippen molar-refractivity contribution < 1.29 is 13.9 Å². The van der Waals surface area contributed by atoms with Crippen LogP contribution in [0.2, 0.25) is 0 Å². The molecule has 0 aliphatic rings. The molecule has 0 aromatic heterocycles. The van der Waals surface area contributed by atoms with Gasteiger partial charge in [-0.25, -0.2) is 8.42 Å². The van der Waals surface area contributed by atoms with E-state index in [0.29, 0.717) is 0 Å². The summed E-state index contributed by atoms with van der Waals surface area (Å²) >= 11 is 0. The van der Waals surface area contributed by atoms with E-state index in [1.54, 1.807) is 0 Å². The molecule has 0 saturated heterocycles. The number of benzene rings is 2. The van der Waals surface area contributed by atoms with E-state index in [4.69, 9.17) is 17.0 Å². The SMILES string of the molecule is [2H]c1cc(S(=O)(=O)c2cc([2H])c(N)c([2H])c2)cc([2H])c1N. The van der Waals surface area contributed by atoms with Gasteiger partial charge < -0.3 is 11.5 Å². The topological polar surface area (TPSA) is 86.2 Å². The van der Waals surface area contributed by atoms with Crippen molar-refractivity contribution in [1.82, 2.24) is 0 Å². The van der Waals surface area contributed by atoms with Crippen LogP contribution < -0.4 is 11.5 Å². The molecule has 0 atom stereocenters. The molecule has 0 heterocycles. The van der Waals surface area contributed by atoms with Crippen LogP contribution in [0.25, 0.3) is 0 Å². The second kappa shape index (κ2) is 4.10. The zero-order valence-corrected chi connectivity index (χ0v) is 9.51. The quantitative estimate of drug-likeness (QED) is 0.796. The summed E-state index contributed by atoms with van der Waals surface area (Å²) in [7, 11) is -4.05. The van der Waals surface area contributed by atoms with Gasteiger partial charge in [-0.15, -0.1) is 0 Å². The predicted molar refractivity (Wildman–Crippen MR) is 67.2 cm³/mol. The van der Waals surface area contributed by atoms with Gasteiger partial charge in [-0.05, 0) is 48.4 Å². The third kappa shape index (κ3) is 2.24. The monoisotopic (exact) mass is 252 g/mol. The molecule has 0 unspecified atom stereocenters. The van der Waals surface area contributed by atoms with Gasteiger partial charge in [-0.1, -0.05) is 0 Å². The van der Waals surface area contributed by atoms with Crippen molar-refractivity contribution in [3.63, 3.8) is 0 Å². The van der Waals surface area contributed by atoms with E-state index in [-0.39, 0.29) is 45.3 Å². The van der Waals surface area contributed by atoms with E-state index in [1.807, 2.05) is 0 Å². The highest BCUT2D eigenvalue weighted by Crippen LogP contribution is 2.22. The minimum atomic E-state index is -4.05. The molecule has 0 bridgehead atoms. The zero-order chi connectivity index (χ0) is 15.9. The maximum atomic E-state index is 12.5. The summed E-state index contributed by atoms with van der Waals surface area (Å²) in [6, 6.07) is 3.06. The normalized spacial score (nSPS) is 14.6. The van der Waals surface area contributed by atoms with Crippen LogP contribution in [-0.2, 0) is 9.84 Å². The van der Waals surface area contributed by atoms with Crippen LogP contribution in [0, 0.1) is 0 Å². The second-order valence-electron chi connectivity index (χ2n) is 3.29. The van der Waals surface area contributed by atoms with Crippen LogP contribution >= 0.6 is 0 Å². The van der Waals surface area contributed by atoms with Crippen LogP contribution in [0.1, 0.15) is 5.48 Å². The fourth-order valence-electron chi connectivity index (χ4n) is 1.21. The highest BCUT2D eigenvalue weighted by molar-refractivity contribution is 7.91. The Morgan fingerprint density at radius 1 is 0.824 bits per heavy atom. The number of rotatable bonds is 2. The van der Waals surface area contributed by atoms with Crippen molar-refractivity contribution in [2.75, 3.05) is 11.5 Å². The smallest absolute Gasteiger partial charge is 0.206 e. The standard InChI is InChI=1S/C12H12N2O2S/c13-9-1-5-11(6-2-9)17(15,16)12-7-3-10(14)4-8-12/h1-8H,13-14H2/i1D,2D,3D,4D. The van der Waals surface area contributed by atoms with Gasteiger partial charge in [-0.3, -0.25) is 0 Å². The van der Waals surface area contributed by atoms with E-state index < -0.39 is 9.84 Å². The van der Waals surface area contributed by atoms with E-state index in [2.05, 4.69) is 0 Å². The Bertz CT molecular complexity index is 728. The number of hydrogen-bond acceptors (Lipinski definition) is 4. The number of nitrogen functional groups attached to an aromatic ring is 2. The molecule has 0 saturated carbocycles. The minimum Gasteiger partial charge on any atom is -0.399 e. The average molecular weight is 252 g/mol. The van der Waals surface area contributed by atoms with Crippen molar-refractivity contribution in [2.24, 2.45) is 0 Å². The molecular formula is C12H12N2O2S. The fourth-order valence-corrected chi connectivity index (χ4v) is 2.34. The van der Waals surface area contributed by atoms with Crippen molar-refractivity contribution in [3.05, 3.63) is 48.4 Å². The predicted octanol–water partition coefficient (Wildman–Crippen LogP) is 1.68. The summed E-state index contributed by atoms with van der Waals surface area (Å²) in [5, 5.41) is 0. The molecule has 0 amide bonds. The lowest BCUT2D eigenvalue weighted by molar-refractivity contribution is 0.596. The molecule has 2 aromatic rings. The Kier molecular flexibility index (Phi) is 1.77. The Balaban J connectivity index is 2.68. The van der Waals surface area contributed by atoms with Gasteiger partial charge in [0.1, 0.15) is 0 Å². The van der Waals surface area contributed by atoms with Gasteiger partial charge in [-0.2, -0.15) is 0 Å². The Hall–Kier alpha value is -2.01. The van der Waals surface area contributed by atoms with Gasteiger partial charge >= 0.3 is 0 Å². The lowest BCUT2D eigenvalue weighted by Crippen LogP contribution is -2.02. The molecule has 0 spiro atoms. The zero-order valence-electron chi connectivity index (χ0n) is 12.7. The van der Waals surface area contributed by atoms with Gasteiger partial charge in [0.15, 0.2) is 0 Å². The first kappa shape index (κ1) is 7.34. The summed E-state index contributed by atoms with van der Waals surface area (Å²) in [6.07, 6.45) is 0. The Labute approximate surface area is 105 Å². The van der Waals surface area contributed by atoms with Crippen molar-refractivity contribution >= 4 is 21.2 Å². The molecule has 4 N–H and O–H groups in total. The fraction of sp³-hybridized carbons (Fsp3) is 0. The first-order valence-electron chi connectivity index (χ1n) is 6.63. The molecule has 4 nitrogen and oxygen atoms in total. The molecule has 17 heavy (non-hydrogen) atoms. The van der Waals surface area contributed by atoms with E-state index in [0.717, 1.165) is 24.3 Å². The number of sulfone groups is 1. The molecule has 0 aliphatic carbocycles. The lowest BCUT2D eigenvalue weighted by Gasteiger charge is -2.05. The molecular weight excluding hydrogens is 236 g/mol. The number of hydrogen-bond donors (Lipinski definition) is 2. The lowest BCUT2D eigenvalue weighted by atomic mass is 10.3. The molecule has 88 valence electrons. The highest BCUT2D eigenvalue weighted by Gasteiger charge is 2.16. The second-order valence-corrected chi connectivity index (χ2v) is 5.24. The van der Waals surface area contributed by atoms with Gasteiger partial charge in [0.25, 0.3) is 0 Å². The summed E-state index contributed by atoms with van der Waals surface area (Å²) in [5.41, 5.74) is 10.7. The minimum absolute atomic E-state index is 0.117. The molecule has 0 aliphatic heterocycles. The van der Waals surface area contributed by atoms with E-state index in [9.17, 15) is 8.42 Å². The van der Waals surface area contributed by atoms with Crippen LogP contribution in [0.4, 0.5) is 11.4 Å². The van der Waals surface area contributed by atoms with Crippen molar-refractivity contribution in [1.29, 1.82) is 0 Å². The maximum Gasteiger partial charge on any atom is 0.206 e. The average Bonchev–Trinajstić information content (AvgIpc) is 2.40. The maximum absolute atomic E-state index is 12.5. The summed E-state index contributed by atoms with van der Waals surface area (Å²) in [6.45, 7) is 0. The molecule has 0 radical (unpaired) electrons. The van der Waals surface area contributed by atoms with Crippen molar-refractivity contribution in [2.45, 2.75) is 9.79 Å². The molecule has 5 heteroatoms. The third-order valence-electron chi connectivity index (χ3n) is 2.10. The van der Waals surface area contributed by atoms with Gasteiger partial charge in [0.05, 0.1) is 15.3 Å². The van der Waals surface area contributed by atoms with Gasteiger partial charge in [0, 0.05) is 11.4 Å². The molecule has 2 rings (SSSR count). The Morgan fingerprint density at radius 3 is 1.41 bits per heavy atom. The first-order chi connectivity index (χ1) is 9.64. The number of anilines is 2. The number of nitrogens with two attached hydrogens (primary N) is 2. The summed E-state index contributed by atoms with van der Waals surface area (Å²) in [4.78, 5) is -0.564. The van der Waals surface area contributed by atoms with Crippen LogP contribution in [0.3, 0.4) is 0 Å². The summed E-state index contributed by atoms with van der Waals surface area (Å²) in [5.74, 6) is 0.